The number of hydrogen-bond donors (Lipinski definition) is 0. The Morgan fingerprint density at radius 3 is 2.00 bits per heavy atom. The van der Waals surface area contributed by atoms with Gasteiger partial charge in [-0.25, -0.2) is 0 Å². The topological polar surface area (TPSA) is 17.1 Å². The first-order valence-corrected chi connectivity index (χ1v) is 1.38. The van der Waals surface area contributed by atoms with Gasteiger partial charge in [0.1, 0.15) is 6.29 Å². The highest BCUT2D eigenvalue weighted by Crippen LogP contribution is 1.70. The zero-order chi connectivity index (χ0) is 4.28. The maximum atomic E-state index is 9.41. The van der Waals surface area contributed by atoms with Crippen LogP contribution in [0.1, 0.15) is 6.92 Å². The van der Waals surface area contributed by atoms with Gasteiger partial charge in [-0.15, -0.1) is 0 Å². The predicted molar refractivity (Wildman–Crippen MR) is 32.2 cm³/mol. The molecule has 0 N–H and O–H groups in total. The van der Waals surface area contributed by atoms with Gasteiger partial charge in [0.05, 0.1) is 0 Å². The Morgan fingerprint density at radius 1 is 1.83 bits per heavy atom. The summed E-state index contributed by atoms with van der Waals surface area (Å²) in [5.74, 6) is 0. The average Bonchev–Trinajstić information content (AvgIpc) is 1.38. The zero-order valence-electron chi connectivity index (χ0n) is 3.19. The summed E-state index contributed by atoms with van der Waals surface area (Å²) in [4.78, 5) is 9.41. The molecule has 36 valence electrons. The fourth-order valence-corrected chi connectivity index (χ4v) is 0. The lowest BCUT2D eigenvalue weighted by atomic mass is 10.4. The van der Waals surface area contributed by atoms with Gasteiger partial charge in [0.15, 0.2) is 0 Å². The summed E-state index contributed by atoms with van der Waals surface area (Å²) in [7, 11) is 0. The normalized spacial score (nSPS) is 5.50. The Kier molecular flexibility index (Phi) is 7.06. The Balaban J connectivity index is 0. The minimum atomic E-state index is 0. The summed E-state index contributed by atoms with van der Waals surface area (Å²) in [6.07, 6.45) is 0.722. The summed E-state index contributed by atoms with van der Waals surface area (Å²) >= 11 is 0. The van der Waals surface area contributed by atoms with Gasteiger partial charge in [0.25, 0.3) is 0 Å². The maximum Gasteiger partial charge on any atom is 0.145 e. The van der Waals surface area contributed by atoms with Crippen LogP contribution in [0.4, 0.5) is 0 Å². The molecule has 2 heteroatoms. The van der Waals surface area contributed by atoms with Crippen LogP contribution in [0.3, 0.4) is 0 Å². The molecule has 0 radical (unpaired) electrons. The third-order valence-electron chi connectivity index (χ3n) is 0.201. The van der Waals surface area contributed by atoms with Gasteiger partial charge in [0, 0.05) is 0 Å². The van der Waals surface area contributed by atoms with Crippen LogP contribution >= 0.6 is 0 Å². The average molecular weight is 102 g/mol. The van der Waals surface area contributed by atoms with Crippen molar-refractivity contribution in [1.29, 1.82) is 0 Å². The van der Waals surface area contributed by atoms with Crippen molar-refractivity contribution in [2.45, 2.75) is 6.92 Å². The van der Waals surface area contributed by atoms with Gasteiger partial charge in [0.2, 0.25) is 0 Å². The van der Waals surface area contributed by atoms with Gasteiger partial charge in [-0.05, 0) is 23.5 Å². The summed E-state index contributed by atoms with van der Waals surface area (Å²) in [5.41, 5.74) is 0.574. The minimum absolute atomic E-state index is 0. The second-order valence-electron chi connectivity index (χ2n) is 0.964. The molecule has 0 fully saturated rings. The van der Waals surface area contributed by atoms with Crippen molar-refractivity contribution in [2.24, 2.45) is 0 Å². The highest BCUT2D eigenvalue weighted by atomic mass is 28.1. The van der Waals surface area contributed by atoms with Crippen LogP contribution in [0, 0.1) is 0 Å². The lowest BCUT2D eigenvalue weighted by Crippen LogP contribution is -1.65. The molecule has 0 unspecified atom stereocenters. The highest BCUT2D eigenvalue weighted by molar-refractivity contribution is 5.75. The van der Waals surface area contributed by atoms with E-state index in [1.165, 1.54) is 0 Å². The van der Waals surface area contributed by atoms with Crippen LogP contribution in [-0.2, 0) is 4.79 Å². The van der Waals surface area contributed by atoms with Crippen molar-refractivity contribution in [3.05, 3.63) is 12.2 Å². The van der Waals surface area contributed by atoms with E-state index in [-0.39, 0.29) is 11.0 Å². The summed E-state index contributed by atoms with van der Waals surface area (Å²) in [5, 5.41) is 0. The van der Waals surface area contributed by atoms with E-state index >= 15 is 0 Å². The van der Waals surface area contributed by atoms with E-state index < -0.39 is 0 Å². The largest absolute Gasteiger partial charge is 0.298 e. The molecular weight excluding hydrogens is 92.1 g/mol. The third kappa shape index (κ3) is 9.46. The molecule has 0 rings (SSSR count). The van der Waals surface area contributed by atoms with Crippen LogP contribution in [0.15, 0.2) is 12.2 Å². The second kappa shape index (κ2) is 4.63. The molecule has 0 spiro atoms. The van der Waals surface area contributed by atoms with Crippen molar-refractivity contribution in [3.8, 4) is 0 Å². The molecule has 0 saturated carbocycles. The number of hydrogen-bond acceptors (Lipinski definition) is 1. The quantitative estimate of drug-likeness (QED) is 0.243. The van der Waals surface area contributed by atoms with E-state index in [0.717, 1.165) is 6.29 Å². The number of carbonyl (C=O) groups excluding carboxylic acids is 1. The molecule has 0 aromatic rings. The molecule has 0 bridgehead atoms. The summed E-state index contributed by atoms with van der Waals surface area (Å²) in [6, 6.07) is 0. The van der Waals surface area contributed by atoms with Crippen molar-refractivity contribution >= 4 is 17.3 Å². The van der Waals surface area contributed by atoms with Gasteiger partial charge >= 0.3 is 0 Å². The Hall–Kier alpha value is -0.373. The number of aldehydes is 1. The van der Waals surface area contributed by atoms with E-state index in [2.05, 4.69) is 6.58 Å². The lowest BCUT2D eigenvalue weighted by Gasteiger charge is -1.65. The highest BCUT2D eigenvalue weighted by Gasteiger charge is 1.66. The molecule has 0 aromatic carbocycles. The molecule has 0 atom stereocenters. The molecule has 0 heterocycles. The number of allylic oxidation sites excluding steroid dienone is 1. The van der Waals surface area contributed by atoms with Crippen molar-refractivity contribution in [1.82, 2.24) is 0 Å². The lowest BCUT2D eigenvalue weighted by molar-refractivity contribution is -0.104. The Bertz CT molecular complexity index is 58.6. The Morgan fingerprint density at radius 2 is 2.00 bits per heavy atom. The standard InChI is InChI=1S/C4H6O.H4Si/c1-4(2)3-5;/h3H,1H2,2H3;1H4. The molecule has 0 aromatic heterocycles. The fourth-order valence-electron chi connectivity index (χ4n) is 0. The van der Waals surface area contributed by atoms with E-state index in [4.69, 9.17) is 0 Å². The second-order valence-corrected chi connectivity index (χ2v) is 0.964. The molecular formula is C4H10OSi. The fraction of sp³-hybridized carbons (Fsp3) is 0.250. The summed E-state index contributed by atoms with van der Waals surface area (Å²) in [6.45, 7) is 4.97. The minimum Gasteiger partial charge on any atom is -0.298 e. The monoisotopic (exact) mass is 102 g/mol. The first-order valence-electron chi connectivity index (χ1n) is 1.38. The van der Waals surface area contributed by atoms with E-state index in [9.17, 15) is 4.79 Å². The smallest absolute Gasteiger partial charge is 0.145 e. The van der Waals surface area contributed by atoms with E-state index in [1.54, 1.807) is 6.92 Å². The molecule has 0 aliphatic heterocycles. The van der Waals surface area contributed by atoms with Crippen molar-refractivity contribution in [3.63, 3.8) is 0 Å². The van der Waals surface area contributed by atoms with Gasteiger partial charge in [-0.2, -0.15) is 0 Å². The van der Waals surface area contributed by atoms with Gasteiger partial charge in [-0.3, -0.25) is 4.79 Å². The van der Waals surface area contributed by atoms with E-state index in [0.29, 0.717) is 5.57 Å². The van der Waals surface area contributed by atoms with Crippen molar-refractivity contribution < 1.29 is 4.79 Å². The van der Waals surface area contributed by atoms with Crippen molar-refractivity contribution in [2.75, 3.05) is 0 Å². The third-order valence-corrected chi connectivity index (χ3v) is 0.201. The van der Waals surface area contributed by atoms with Crippen LogP contribution in [0.25, 0.3) is 0 Å². The molecule has 0 aliphatic carbocycles. The molecule has 0 amide bonds. The predicted octanol–water partition coefficient (Wildman–Crippen LogP) is -0.690. The molecule has 0 saturated heterocycles. The van der Waals surface area contributed by atoms with Crippen LogP contribution in [0.2, 0.25) is 0 Å². The molecule has 6 heavy (non-hydrogen) atoms. The Labute approximate surface area is 42.1 Å². The van der Waals surface area contributed by atoms with Gasteiger partial charge < -0.3 is 0 Å². The zero-order valence-corrected chi connectivity index (χ0v) is 3.19. The van der Waals surface area contributed by atoms with Gasteiger partial charge in [-0.1, -0.05) is 6.58 Å². The number of rotatable bonds is 1. The molecule has 0 aliphatic rings. The van der Waals surface area contributed by atoms with Crippen LogP contribution < -0.4 is 0 Å². The van der Waals surface area contributed by atoms with E-state index in [1.807, 2.05) is 0 Å². The first-order chi connectivity index (χ1) is 2.27. The molecule has 1 nitrogen and oxygen atoms in total. The number of carbonyl (C=O) groups is 1. The van der Waals surface area contributed by atoms with Crippen LogP contribution in [-0.4, -0.2) is 17.3 Å². The van der Waals surface area contributed by atoms with Crippen LogP contribution in [0.5, 0.6) is 0 Å². The first kappa shape index (κ1) is 9.16. The SMILES string of the molecule is C=C(C)C=O.[SiH4]. The maximum absolute atomic E-state index is 9.41. The summed E-state index contributed by atoms with van der Waals surface area (Å²) < 4.78 is 0.